The van der Waals surface area contributed by atoms with Crippen molar-refractivity contribution in [1.82, 2.24) is 4.90 Å². The molecule has 0 aliphatic carbocycles. The monoisotopic (exact) mass is 337 g/mol. The third-order valence-electron chi connectivity index (χ3n) is 3.37. The van der Waals surface area contributed by atoms with Crippen molar-refractivity contribution in [3.63, 3.8) is 0 Å². The summed E-state index contributed by atoms with van der Waals surface area (Å²) in [6.07, 6.45) is 0. The van der Waals surface area contributed by atoms with Crippen LogP contribution in [0.1, 0.15) is 15.9 Å². The van der Waals surface area contributed by atoms with Gasteiger partial charge in [-0.1, -0.05) is 29.3 Å². The molecule has 0 unspecified atom stereocenters. The Morgan fingerprint density at radius 1 is 1.09 bits per heavy atom. The van der Waals surface area contributed by atoms with Gasteiger partial charge in [-0.2, -0.15) is 0 Å². The molecule has 0 spiro atoms. The molecule has 1 aliphatic rings. The molecule has 0 atom stereocenters. The van der Waals surface area contributed by atoms with Crippen molar-refractivity contribution in [2.75, 3.05) is 13.8 Å². The molecule has 3 rings (SSSR count). The summed E-state index contributed by atoms with van der Waals surface area (Å²) in [5, 5.41) is 0.792. The van der Waals surface area contributed by atoms with E-state index in [0.29, 0.717) is 27.9 Å². The molecule has 114 valence electrons. The van der Waals surface area contributed by atoms with Crippen molar-refractivity contribution in [2.45, 2.75) is 6.54 Å². The number of halogens is 2. The zero-order valence-electron chi connectivity index (χ0n) is 11.8. The van der Waals surface area contributed by atoms with Crippen LogP contribution in [0.4, 0.5) is 0 Å². The maximum Gasteiger partial charge on any atom is 0.253 e. The summed E-state index contributed by atoms with van der Waals surface area (Å²) < 4.78 is 10.6. The second kappa shape index (κ2) is 6.07. The largest absolute Gasteiger partial charge is 0.454 e. The topological polar surface area (TPSA) is 38.8 Å². The lowest BCUT2D eigenvalue weighted by atomic mass is 10.1. The van der Waals surface area contributed by atoms with E-state index in [1.807, 2.05) is 18.2 Å². The van der Waals surface area contributed by atoms with E-state index < -0.39 is 0 Å². The van der Waals surface area contributed by atoms with E-state index in [4.69, 9.17) is 32.7 Å². The predicted molar refractivity (Wildman–Crippen MR) is 84.8 cm³/mol. The summed E-state index contributed by atoms with van der Waals surface area (Å²) >= 11 is 11.8. The van der Waals surface area contributed by atoms with Gasteiger partial charge in [-0.15, -0.1) is 0 Å². The van der Waals surface area contributed by atoms with Crippen LogP contribution >= 0.6 is 23.2 Å². The second-order valence-corrected chi connectivity index (χ2v) is 5.79. The smallest absolute Gasteiger partial charge is 0.253 e. The highest BCUT2D eigenvalue weighted by molar-refractivity contribution is 6.42. The summed E-state index contributed by atoms with van der Waals surface area (Å²) in [6.45, 7) is 0.687. The minimum absolute atomic E-state index is 0.128. The molecule has 22 heavy (non-hydrogen) atoms. The number of fused-ring (bicyclic) bond motifs is 1. The summed E-state index contributed by atoms with van der Waals surface area (Å²) in [5.74, 6) is 1.30. The second-order valence-electron chi connectivity index (χ2n) is 4.98. The number of ether oxygens (including phenoxy) is 2. The highest BCUT2D eigenvalue weighted by atomic mass is 35.5. The van der Waals surface area contributed by atoms with Gasteiger partial charge >= 0.3 is 0 Å². The molecule has 1 heterocycles. The SMILES string of the molecule is CN(Cc1ccc2c(c1)OCO2)C(=O)c1ccc(Cl)c(Cl)c1. The normalized spacial score (nSPS) is 12.3. The van der Waals surface area contributed by atoms with Gasteiger partial charge in [0.25, 0.3) is 5.91 Å². The van der Waals surface area contributed by atoms with E-state index in [1.54, 1.807) is 30.1 Å². The molecular formula is C16H13Cl2NO3. The first-order valence-corrected chi connectivity index (χ1v) is 7.39. The maximum absolute atomic E-state index is 12.4. The first-order valence-electron chi connectivity index (χ1n) is 6.63. The molecule has 2 aromatic rings. The molecule has 0 saturated heterocycles. The molecule has 1 aliphatic heterocycles. The van der Waals surface area contributed by atoms with Gasteiger partial charge in [0, 0.05) is 19.2 Å². The van der Waals surface area contributed by atoms with Crippen LogP contribution in [0.25, 0.3) is 0 Å². The van der Waals surface area contributed by atoms with Crippen LogP contribution in [0.2, 0.25) is 10.0 Å². The van der Waals surface area contributed by atoms with Crippen molar-refractivity contribution < 1.29 is 14.3 Å². The Morgan fingerprint density at radius 3 is 2.64 bits per heavy atom. The van der Waals surface area contributed by atoms with Crippen LogP contribution in [0.3, 0.4) is 0 Å². The molecule has 0 bridgehead atoms. The van der Waals surface area contributed by atoms with Crippen molar-refractivity contribution >= 4 is 29.1 Å². The van der Waals surface area contributed by atoms with Crippen LogP contribution < -0.4 is 9.47 Å². The van der Waals surface area contributed by atoms with Gasteiger partial charge in [0.1, 0.15) is 0 Å². The first-order chi connectivity index (χ1) is 10.5. The number of carbonyl (C=O) groups excluding carboxylic acids is 1. The van der Waals surface area contributed by atoms with Crippen molar-refractivity contribution in [3.8, 4) is 11.5 Å². The Hall–Kier alpha value is -1.91. The van der Waals surface area contributed by atoms with Crippen LogP contribution in [0, 0.1) is 0 Å². The van der Waals surface area contributed by atoms with Crippen LogP contribution in [-0.2, 0) is 6.54 Å². The van der Waals surface area contributed by atoms with Crippen molar-refractivity contribution in [3.05, 3.63) is 57.6 Å². The van der Waals surface area contributed by atoms with Gasteiger partial charge in [0.05, 0.1) is 10.0 Å². The maximum atomic E-state index is 12.4. The summed E-state index contributed by atoms with van der Waals surface area (Å²) in [5.41, 5.74) is 1.46. The zero-order valence-corrected chi connectivity index (χ0v) is 13.3. The number of benzene rings is 2. The van der Waals surface area contributed by atoms with Gasteiger partial charge in [0.2, 0.25) is 6.79 Å². The van der Waals surface area contributed by atoms with Gasteiger partial charge in [-0.3, -0.25) is 4.79 Å². The van der Waals surface area contributed by atoms with Crippen LogP contribution in [-0.4, -0.2) is 24.6 Å². The minimum atomic E-state index is -0.128. The Balaban J connectivity index is 1.74. The molecular weight excluding hydrogens is 325 g/mol. The highest BCUT2D eigenvalue weighted by Crippen LogP contribution is 2.32. The van der Waals surface area contributed by atoms with Crippen molar-refractivity contribution in [2.24, 2.45) is 0 Å². The molecule has 0 fully saturated rings. The molecule has 0 radical (unpaired) electrons. The van der Waals surface area contributed by atoms with Crippen molar-refractivity contribution in [1.29, 1.82) is 0 Å². The Labute approximate surface area is 138 Å². The molecule has 6 heteroatoms. The lowest BCUT2D eigenvalue weighted by molar-refractivity contribution is 0.0785. The number of amides is 1. The third kappa shape index (κ3) is 2.98. The lowest BCUT2D eigenvalue weighted by Gasteiger charge is -2.18. The number of hydrogen-bond acceptors (Lipinski definition) is 3. The van der Waals surface area contributed by atoms with E-state index in [2.05, 4.69) is 0 Å². The van der Waals surface area contributed by atoms with Gasteiger partial charge < -0.3 is 14.4 Å². The van der Waals surface area contributed by atoms with E-state index in [0.717, 1.165) is 11.3 Å². The van der Waals surface area contributed by atoms with Gasteiger partial charge in [-0.05, 0) is 35.9 Å². The Morgan fingerprint density at radius 2 is 1.86 bits per heavy atom. The fraction of sp³-hybridized carbons (Fsp3) is 0.188. The zero-order chi connectivity index (χ0) is 15.7. The first kappa shape index (κ1) is 15.0. The van der Waals surface area contributed by atoms with Gasteiger partial charge in [0.15, 0.2) is 11.5 Å². The number of hydrogen-bond donors (Lipinski definition) is 0. The molecule has 0 N–H and O–H groups in total. The molecule has 0 saturated carbocycles. The lowest BCUT2D eigenvalue weighted by Crippen LogP contribution is -2.26. The minimum Gasteiger partial charge on any atom is -0.454 e. The average Bonchev–Trinajstić information content (AvgIpc) is 2.97. The van der Waals surface area contributed by atoms with Crippen LogP contribution in [0.15, 0.2) is 36.4 Å². The van der Waals surface area contributed by atoms with Gasteiger partial charge in [-0.25, -0.2) is 0 Å². The molecule has 0 aromatic heterocycles. The predicted octanol–water partition coefficient (Wildman–Crippen LogP) is 3.99. The Bertz CT molecular complexity index is 733. The number of nitrogens with zero attached hydrogens (tertiary/aromatic N) is 1. The number of carbonyl (C=O) groups is 1. The Kier molecular flexibility index (Phi) is 4.14. The fourth-order valence-electron chi connectivity index (χ4n) is 2.23. The highest BCUT2D eigenvalue weighted by Gasteiger charge is 2.17. The van der Waals surface area contributed by atoms with E-state index in [1.165, 1.54) is 0 Å². The summed E-state index contributed by atoms with van der Waals surface area (Å²) in [4.78, 5) is 14.0. The number of rotatable bonds is 3. The molecule has 4 nitrogen and oxygen atoms in total. The standard InChI is InChI=1S/C16H13Cl2NO3/c1-19(16(20)11-3-4-12(17)13(18)7-11)8-10-2-5-14-15(6-10)22-9-21-14/h2-7H,8-9H2,1H3. The van der Waals surface area contributed by atoms with Crippen LogP contribution in [0.5, 0.6) is 11.5 Å². The quantitative estimate of drug-likeness (QED) is 0.849. The third-order valence-corrected chi connectivity index (χ3v) is 4.11. The molecule has 2 aromatic carbocycles. The average molecular weight is 338 g/mol. The molecule has 1 amide bonds. The fourth-order valence-corrected chi connectivity index (χ4v) is 2.53. The van der Waals surface area contributed by atoms with E-state index >= 15 is 0 Å². The van der Waals surface area contributed by atoms with E-state index in [-0.39, 0.29) is 12.7 Å². The summed E-state index contributed by atoms with van der Waals surface area (Å²) in [6, 6.07) is 10.5. The van der Waals surface area contributed by atoms with E-state index in [9.17, 15) is 4.79 Å². The summed E-state index contributed by atoms with van der Waals surface area (Å²) in [7, 11) is 1.73.